The molecule has 202 valence electrons. The Kier molecular flexibility index (Phi) is 6.09. The van der Waals surface area contributed by atoms with Gasteiger partial charge in [-0.1, -0.05) is 12.1 Å². The van der Waals surface area contributed by atoms with E-state index in [-0.39, 0.29) is 17.7 Å². The molecule has 3 aliphatic rings. The first kappa shape index (κ1) is 25.0. The van der Waals surface area contributed by atoms with Crippen molar-refractivity contribution in [3.8, 4) is 11.4 Å². The van der Waals surface area contributed by atoms with Gasteiger partial charge in [-0.05, 0) is 51.1 Å². The van der Waals surface area contributed by atoms with Crippen molar-refractivity contribution in [2.24, 2.45) is 12.0 Å². The number of hydrogen-bond donors (Lipinski definition) is 0. The summed E-state index contributed by atoms with van der Waals surface area (Å²) in [7, 11) is 2.04. The summed E-state index contributed by atoms with van der Waals surface area (Å²) in [5.74, 6) is 1.47. The molecule has 0 spiro atoms. The number of fused-ring (bicyclic) bond motifs is 4. The number of allylic oxidation sites excluding steroid dienone is 2. The van der Waals surface area contributed by atoms with Gasteiger partial charge in [0, 0.05) is 61.7 Å². The summed E-state index contributed by atoms with van der Waals surface area (Å²) in [5, 5.41) is 1.08. The Labute approximate surface area is 227 Å². The molecule has 1 aromatic carbocycles. The lowest BCUT2D eigenvalue weighted by molar-refractivity contribution is 0.0223. The number of aryl methyl sites for hydroxylation is 1. The molecule has 0 aliphatic carbocycles. The molecule has 1 amide bonds. The number of amidine groups is 1. The predicted octanol–water partition coefficient (Wildman–Crippen LogP) is 4.17. The number of ether oxygens (including phenoxy) is 2. The molecule has 1 atom stereocenters. The lowest BCUT2D eigenvalue weighted by Crippen LogP contribution is -2.40. The van der Waals surface area contributed by atoms with Crippen LogP contribution in [0.4, 0.5) is 4.79 Å². The van der Waals surface area contributed by atoms with E-state index in [9.17, 15) is 9.59 Å². The lowest BCUT2D eigenvalue weighted by atomic mass is 10.0. The van der Waals surface area contributed by atoms with Gasteiger partial charge in [0.25, 0.3) is 5.56 Å². The third kappa shape index (κ3) is 4.84. The maximum Gasteiger partial charge on any atom is 0.410 e. The van der Waals surface area contributed by atoms with Crippen LogP contribution in [0.1, 0.15) is 32.0 Å². The summed E-state index contributed by atoms with van der Waals surface area (Å²) < 4.78 is 15.3. The Morgan fingerprint density at radius 3 is 2.77 bits per heavy atom. The van der Waals surface area contributed by atoms with Gasteiger partial charge in [-0.3, -0.25) is 14.4 Å². The quantitative estimate of drug-likeness (QED) is 0.509. The summed E-state index contributed by atoms with van der Waals surface area (Å²) in [6.07, 6.45) is 10.2. The maximum atomic E-state index is 13.1. The summed E-state index contributed by atoms with van der Waals surface area (Å²) in [5.41, 5.74) is 3.44. The van der Waals surface area contributed by atoms with E-state index in [0.29, 0.717) is 25.4 Å². The van der Waals surface area contributed by atoms with E-state index in [1.165, 1.54) is 11.8 Å². The highest BCUT2D eigenvalue weighted by atomic mass is 16.6. The first-order valence-electron chi connectivity index (χ1n) is 13.3. The van der Waals surface area contributed by atoms with Gasteiger partial charge in [-0.2, -0.15) is 0 Å². The van der Waals surface area contributed by atoms with Crippen LogP contribution in [0.25, 0.3) is 16.6 Å². The van der Waals surface area contributed by atoms with Crippen LogP contribution in [0.2, 0.25) is 0 Å². The summed E-state index contributed by atoms with van der Waals surface area (Å²) in [6.45, 7) is 7.93. The highest BCUT2D eigenvalue weighted by Gasteiger charge is 2.29. The zero-order chi connectivity index (χ0) is 27.3. The number of pyridine rings is 1. The van der Waals surface area contributed by atoms with Crippen LogP contribution in [0.5, 0.6) is 5.75 Å². The molecule has 3 aromatic rings. The second-order valence-electron chi connectivity index (χ2n) is 11.2. The van der Waals surface area contributed by atoms with Crippen molar-refractivity contribution in [3.05, 3.63) is 82.6 Å². The van der Waals surface area contributed by atoms with E-state index in [2.05, 4.69) is 14.5 Å². The van der Waals surface area contributed by atoms with Gasteiger partial charge < -0.3 is 23.8 Å². The largest absolute Gasteiger partial charge is 0.491 e. The molecule has 3 aliphatic heterocycles. The summed E-state index contributed by atoms with van der Waals surface area (Å²) in [4.78, 5) is 34.3. The van der Waals surface area contributed by atoms with Crippen LogP contribution in [-0.2, 0) is 24.8 Å². The molecule has 9 heteroatoms. The minimum Gasteiger partial charge on any atom is -0.491 e. The van der Waals surface area contributed by atoms with Crippen LogP contribution in [0.15, 0.2) is 70.7 Å². The van der Waals surface area contributed by atoms with Crippen molar-refractivity contribution < 1.29 is 14.3 Å². The maximum absolute atomic E-state index is 13.1. The molecule has 0 saturated heterocycles. The van der Waals surface area contributed by atoms with Gasteiger partial charge in [-0.25, -0.2) is 4.79 Å². The number of amides is 1. The van der Waals surface area contributed by atoms with Crippen molar-refractivity contribution in [1.29, 1.82) is 0 Å². The molecule has 0 bridgehead atoms. The molecule has 2 aromatic heterocycles. The molecule has 0 saturated carbocycles. The van der Waals surface area contributed by atoms with Crippen LogP contribution in [0, 0.1) is 0 Å². The Bertz CT molecular complexity index is 1600. The SMILES string of the molecule is Cn1c2c(c3ccc(-n4ccc(OCC5CN6C=CC=CC6=N5)cc4=O)cc31)CN(C(=O)OC(C)(C)C)CC2. The van der Waals surface area contributed by atoms with Gasteiger partial charge in [0.2, 0.25) is 0 Å². The molecule has 1 unspecified atom stereocenters. The van der Waals surface area contributed by atoms with E-state index < -0.39 is 5.60 Å². The van der Waals surface area contributed by atoms with Gasteiger partial charge >= 0.3 is 6.09 Å². The van der Waals surface area contributed by atoms with E-state index in [0.717, 1.165) is 41.0 Å². The molecule has 0 N–H and O–H groups in total. The molecule has 39 heavy (non-hydrogen) atoms. The fraction of sp³-hybridized carbons (Fsp3) is 0.367. The van der Waals surface area contributed by atoms with Crippen molar-refractivity contribution >= 4 is 22.8 Å². The number of carbonyl (C=O) groups excluding carboxylic acids is 1. The monoisotopic (exact) mass is 527 g/mol. The van der Waals surface area contributed by atoms with Crippen molar-refractivity contribution in [1.82, 2.24) is 18.9 Å². The van der Waals surface area contributed by atoms with Gasteiger partial charge in [0.1, 0.15) is 29.8 Å². The third-order valence-corrected chi connectivity index (χ3v) is 7.29. The Morgan fingerprint density at radius 2 is 2.00 bits per heavy atom. The number of nitrogens with zero attached hydrogens (tertiary/aromatic N) is 5. The Balaban J connectivity index is 1.19. The summed E-state index contributed by atoms with van der Waals surface area (Å²) in [6, 6.07) is 9.37. The predicted molar refractivity (Wildman–Crippen MR) is 151 cm³/mol. The first-order chi connectivity index (χ1) is 18.7. The van der Waals surface area contributed by atoms with Crippen molar-refractivity contribution in [2.75, 3.05) is 19.7 Å². The van der Waals surface area contributed by atoms with E-state index in [1.54, 1.807) is 15.7 Å². The van der Waals surface area contributed by atoms with Crippen LogP contribution in [0.3, 0.4) is 0 Å². The van der Waals surface area contributed by atoms with E-state index in [4.69, 9.17) is 9.47 Å². The van der Waals surface area contributed by atoms with Crippen LogP contribution in [-0.4, -0.2) is 62.2 Å². The second-order valence-corrected chi connectivity index (χ2v) is 11.2. The van der Waals surface area contributed by atoms with Crippen molar-refractivity contribution in [2.45, 2.75) is 45.4 Å². The zero-order valence-electron chi connectivity index (χ0n) is 22.8. The Morgan fingerprint density at radius 1 is 1.15 bits per heavy atom. The minimum absolute atomic E-state index is 0.0202. The molecule has 0 fully saturated rings. The number of benzene rings is 1. The number of aromatic nitrogens is 2. The van der Waals surface area contributed by atoms with Crippen molar-refractivity contribution in [3.63, 3.8) is 0 Å². The molecule has 9 nitrogen and oxygen atoms in total. The fourth-order valence-corrected chi connectivity index (χ4v) is 5.43. The second kappa shape index (κ2) is 9.48. The molecule has 5 heterocycles. The topological polar surface area (TPSA) is 81.3 Å². The van der Waals surface area contributed by atoms with Crippen LogP contribution >= 0.6 is 0 Å². The zero-order valence-corrected chi connectivity index (χ0v) is 22.8. The average molecular weight is 528 g/mol. The lowest BCUT2D eigenvalue weighted by Gasteiger charge is -2.30. The molecular formula is C30H33N5O4. The first-order valence-corrected chi connectivity index (χ1v) is 13.3. The number of hydrogen-bond acceptors (Lipinski definition) is 6. The number of rotatable bonds is 4. The number of carbonyl (C=O) groups is 1. The Hall–Kier alpha value is -4.27. The van der Waals surface area contributed by atoms with E-state index >= 15 is 0 Å². The molecule has 6 rings (SSSR count). The van der Waals surface area contributed by atoms with Crippen LogP contribution < -0.4 is 10.3 Å². The molecular weight excluding hydrogens is 494 g/mol. The van der Waals surface area contributed by atoms with E-state index in [1.807, 2.05) is 76.5 Å². The fourth-order valence-electron chi connectivity index (χ4n) is 5.43. The molecule has 0 radical (unpaired) electrons. The van der Waals surface area contributed by atoms with Gasteiger partial charge in [0.15, 0.2) is 0 Å². The average Bonchev–Trinajstić information content (AvgIpc) is 3.44. The standard InChI is InChI=1S/C30H33N5O4/c1-30(2,3)39-29(37)34-13-11-25-24(18-34)23-9-8-21(15-26(23)32(25)4)35-14-10-22(16-28(35)36)38-19-20-17-33-12-6-5-7-27(33)31-20/h5-10,12,14-16,20H,11,13,17-19H2,1-4H3. The highest BCUT2D eigenvalue weighted by molar-refractivity contribution is 5.96. The van der Waals surface area contributed by atoms with Gasteiger partial charge in [-0.15, -0.1) is 0 Å². The highest BCUT2D eigenvalue weighted by Crippen LogP contribution is 2.32. The smallest absolute Gasteiger partial charge is 0.410 e. The van der Waals surface area contributed by atoms with Gasteiger partial charge in [0.05, 0.1) is 17.7 Å². The minimum atomic E-state index is -0.532. The third-order valence-electron chi connectivity index (χ3n) is 7.29. The number of aliphatic imine (C=N–C) groups is 1. The normalized spacial score (nSPS) is 18.3. The summed E-state index contributed by atoms with van der Waals surface area (Å²) >= 11 is 0.